The summed E-state index contributed by atoms with van der Waals surface area (Å²) in [6.07, 6.45) is 3.80. The first kappa shape index (κ1) is 21.9. The van der Waals surface area contributed by atoms with Crippen molar-refractivity contribution in [2.45, 2.75) is 44.2 Å². The first-order chi connectivity index (χ1) is 14.0. The molecular formula is C24H27Cl2NO2. The molecule has 1 saturated heterocycles. The van der Waals surface area contributed by atoms with Crippen molar-refractivity contribution >= 4 is 29.1 Å². The van der Waals surface area contributed by atoms with Gasteiger partial charge in [0, 0.05) is 21.9 Å². The van der Waals surface area contributed by atoms with Crippen LogP contribution in [0.2, 0.25) is 10.0 Å². The number of allylic oxidation sites excluding steroid dienone is 1. The first-order valence-electron chi connectivity index (χ1n) is 10.0. The summed E-state index contributed by atoms with van der Waals surface area (Å²) in [5.74, 6) is -0.0391. The molecule has 5 heteroatoms. The molecule has 1 heterocycles. The maximum atomic E-state index is 13.5. The number of amides is 1. The van der Waals surface area contributed by atoms with Crippen molar-refractivity contribution in [2.75, 3.05) is 6.61 Å². The Labute approximate surface area is 182 Å². The number of benzene rings is 2. The van der Waals surface area contributed by atoms with Gasteiger partial charge in [0.15, 0.2) is 0 Å². The molecule has 29 heavy (non-hydrogen) atoms. The Morgan fingerprint density at radius 1 is 1.17 bits per heavy atom. The molecule has 2 aromatic carbocycles. The number of hydrogen-bond donors (Lipinski definition) is 1. The van der Waals surface area contributed by atoms with Crippen LogP contribution in [0.5, 0.6) is 0 Å². The summed E-state index contributed by atoms with van der Waals surface area (Å²) in [4.78, 5) is 15.4. The van der Waals surface area contributed by atoms with Crippen molar-refractivity contribution in [2.24, 2.45) is 5.92 Å². The zero-order valence-corrected chi connectivity index (χ0v) is 18.1. The van der Waals surface area contributed by atoms with Crippen molar-refractivity contribution in [3.8, 4) is 0 Å². The minimum Gasteiger partial charge on any atom is -0.394 e. The SMILES string of the molecule is C=CC[C@@H]1CC(c2cccc(Cl)c2)[C@@H](c2ccc(Cl)cc2)N([C@@H](CC)CO)C1=O. The van der Waals surface area contributed by atoms with Crippen molar-refractivity contribution in [3.63, 3.8) is 0 Å². The number of piperidine rings is 1. The smallest absolute Gasteiger partial charge is 0.226 e. The van der Waals surface area contributed by atoms with E-state index >= 15 is 0 Å². The normalized spacial score (nSPS) is 23.1. The molecule has 1 fully saturated rings. The number of likely N-dealkylation sites (tertiary alicyclic amines) is 1. The molecule has 1 N–H and O–H groups in total. The molecule has 0 bridgehead atoms. The van der Waals surface area contributed by atoms with Gasteiger partial charge in [-0.05, 0) is 54.7 Å². The Kier molecular flexibility index (Phi) is 7.39. The Balaban J connectivity index is 2.16. The molecule has 1 aliphatic rings. The predicted molar refractivity (Wildman–Crippen MR) is 119 cm³/mol. The quantitative estimate of drug-likeness (QED) is 0.544. The molecular weight excluding hydrogens is 405 g/mol. The summed E-state index contributed by atoms with van der Waals surface area (Å²) in [5.41, 5.74) is 2.11. The van der Waals surface area contributed by atoms with E-state index in [4.69, 9.17) is 23.2 Å². The van der Waals surface area contributed by atoms with Crippen LogP contribution < -0.4 is 0 Å². The standard InChI is InChI=1S/C24H27Cl2NO2/c1-3-6-18-14-22(17-7-5-8-20(26)13-17)23(16-9-11-19(25)12-10-16)27(24(18)29)21(4-2)15-28/h3,5,7-13,18,21-23,28H,1,4,6,14-15H2,2H3/t18-,21+,22?,23-/m1/s1. The average molecular weight is 432 g/mol. The van der Waals surface area contributed by atoms with Crippen LogP contribution in [0.4, 0.5) is 0 Å². The minimum absolute atomic E-state index is 0.0538. The van der Waals surface area contributed by atoms with Gasteiger partial charge < -0.3 is 10.0 Å². The lowest BCUT2D eigenvalue weighted by atomic mass is 9.74. The van der Waals surface area contributed by atoms with E-state index in [0.717, 1.165) is 11.1 Å². The molecule has 0 saturated carbocycles. The van der Waals surface area contributed by atoms with E-state index < -0.39 is 0 Å². The summed E-state index contributed by atoms with van der Waals surface area (Å²) >= 11 is 12.4. The van der Waals surface area contributed by atoms with Crippen molar-refractivity contribution in [1.29, 1.82) is 0 Å². The van der Waals surface area contributed by atoms with Crippen LogP contribution in [0.1, 0.15) is 49.3 Å². The second-order valence-electron chi connectivity index (χ2n) is 7.61. The number of hydrogen-bond acceptors (Lipinski definition) is 2. The van der Waals surface area contributed by atoms with Crippen LogP contribution in [0.15, 0.2) is 61.2 Å². The molecule has 0 aromatic heterocycles. The van der Waals surface area contributed by atoms with Gasteiger partial charge in [0.2, 0.25) is 5.91 Å². The minimum atomic E-state index is -0.252. The summed E-state index contributed by atoms with van der Waals surface area (Å²) in [7, 11) is 0. The summed E-state index contributed by atoms with van der Waals surface area (Å²) in [6.45, 7) is 5.77. The third-order valence-electron chi connectivity index (χ3n) is 5.84. The van der Waals surface area contributed by atoms with E-state index in [2.05, 4.69) is 12.6 Å². The van der Waals surface area contributed by atoms with Gasteiger partial charge in [-0.15, -0.1) is 6.58 Å². The molecule has 3 rings (SSSR count). The predicted octanol–water partition coefficient (Wildman–Crippen LogP) is 6.01. The number of nitrogens with zero attached hydrogens (tertiary/aromatic N) is 1. The summed E-state index contributed by atoms with van der Waals surface area (Å²) in [5, 5.41) is 11.4. The lowest BCUT2D eigenvalue weighted by Gasteiger charge is -2.48. The average Bonchev–Trinajstić information content (AvgIpc) is 2.72. The Hall–Kier alpha value is -1.81. The Morgan fingerprint density at radius 3 is 2.48 bits per heavy atom. The summed E-state index contributed by atoms with van der Waals surface area (Å²) < 4.78 is 0. The molecule has 2 aromatic rings. The van der Waals surface area contributed by atoms with Crippen molar-refractivity contribution in [1.82, 2.24) is 4.90 Å². The van der Waals surface area contributed by atoms with Gasteiger partial charge in [0.1, 0.15) is 0 Å². The highest BCUT2D eigenvalue weighted by Gasteiger charge is 2.44. The number of rotatable bonds is 7. The topological polar surface area (TPSA) is 40.5 Å². The molecule has 0 radical (unpaired) electrons. The molecule has 0 spiro atoms. The zero-order chi connectivity index (χ0) is 21.0. The number of halogens is 2. The second-order valence-corrected chi connectivity index (χ2v) is 8.48. The van der Waals surface area contributed by atoms with Gasteiger partial charge in [0.25, 0.3) is 0 Å². The van der Waals surface area contributed by atoms with Crippen LogP contribution >= 0.6 is 23.2 Å². The highest BCUT2D eigenvalue weighted by molar-refractivity contribution is 6.30. The van der Waals surface area contributed by atoms with E-state index in [-0.39, 0.29) is 36.4 Å². The van der Waals surface area contributed by atoms with Gasteiger partial charge in [-0.1, -0.05) is 60.5 Å². The van der Waals surface area contributed by atoms with Crippen LogP contribution in [-0.4, -0.2) is 28.6 Å². The second kappa shape index (κ2) is 9.80. The molecule has 1 amide bonds. The third-order valence-corrected chi connectivity index (χ3v) is 6.32. The monoisotopic (exact) mass is 431 g/mol. The molecule has 0 aliphatic carbocycles. The fourth-order valence-corrected chi connectivity index (χ4v) is 4.73. The van der Waals surface area contributed by atoms with Gasteiger partial charge in [0.05, 0.1) is 18.7 Å². The van der Waals surface area contributed by atoms with E-state index in [9.17, 15) is 9.90 Å². The largest absolute Gasteiger partial charge is 0.394 e. The molecule has 1 aliphatic heterocycles. The fourth-order valence-electron chi connectivity index (χ4n) is 4.41. The number of aliphatic hydroxyl groups is 1. The van der Waals surface area contributed by atoms with Crippen LogP contribution in [0, 0.1) is 5.92 Å². The molecule has 4 atom stereocenters. The highest BCUT2D eigenvalue weighted by Crippen LogP contribution is 2.47. The molecule has 3 nitrogen and oxygen atoms in total. The number of carbonyl (C=O) groups excluding carboxylic acids is 1. The zero-order valence-electron chi connectivity index (χ0n) is 16.6. The number of aliphatic hydroxyl groups excluding tert-OH is 1. The van der Waals surface area contributed by atoms with E-state index in [0.29, 0.717) is 29.3 Å². The third kappa shape index (κ3) is 4.69. The van der Waals surface area contributed by atoms with Gasteiger partial charge in [-0.2, -0.15) is 0 Å². The highest BCUT2D eigenvalue weighted by atomic mass is 35.5. The Bertz CT molecular complexity index is 848. The van der Waals surface area contributed by atoms with Crippen molar-refractivity contribution in [3.05, 3.63) is 82.4 Å². The van der Waals surface area contributed by atoms with E-state index in [1.54, 1.807) is 6.08 Å². The van der Waals surface area contributed by atoms with Crippen molar-refractivity contribution < 1.29 is 9.90 Å². The van der Waals surface area contributed by atoms with Gasteiger partial charge >= 0.3 is 0 Å². The maximum absolute atomic E-state index is 13.5. The van der Waals surface area contributed by atoms with E-state index in [1.807, 2.05) is 54.3 Å². The van der Waals surface area contributed by atoms with Crippen LogP contribution in [-0.2, 0) is 4.79 Å². The molecule has 154 valence electrons. The van der Waals surface area contributed by atoms with Gasteiger partial charge in [-0.3, -0.25) is 4.79 Å². The first-order valence-corrected chi connectivity index (χ1v) is 10.8. The number of carbonyl (C=O) groups is 1. The maximum Gasteiger partial charge on any atom is 0.226 e. The summed E-state index contributed by atoms with van der Waals surface area (Å²) in [6, 6.07) is 15.1. The van der Waals surface area contributed by atoms with E-state index in [1.165, 1.54) is 0 Å². The molecule has 1 unspecified atom stereocenters. The lowest BCUT2D eigenvalue weighted by molar-refractivity contribution is -0.148. The Morgan fingerprint density at radius 2 is 1.90 bits per heavy atom. The fraction of sp³-hybridized carbons (Fsp3) is 0.375. The van der Waals surface area contributed by atoms with Crippen LogP contribution in [0.3, 0.4) is 0 Å². The van der Waals surface area contributed by atoms with Gasteiger partial charge in [-0.25, -0.2) is 0 Å². The lowest BCUT2D eigenvalue weighted by Crippen LogP contribution is -2.52. The van der Waals surface area contributed by atoms with Crippen LogP contribution in [0.25, 0.3) is 0 Å².